The summed E-state index contributed by atoms with van der Waals surface area (Å²) in [7, 11) is 2.91. The van der Waals surface area contributed by atoms with Crippen LogP contribution in [0.1, 0.15) is 6.42 Å². The van der Waals surface area contributed by atoms with Crippen LogP contribution in [0.4, 0.5) is 26.4 Å². The second-order valence-electron chi connectivity index (χ2n) is 9.33. The monoisotopic (exact) mass is 665 g/mol. The van der Waals surface area contributed by atoms with Crippen molar-refractivity contribution in [3.05, 3.63) is 60.2 Å². The summed E-state index contributed by atoms with van der Waals surface area (Å²) in [4.78, 5) is 38.1. The molecule has 1 aliphatic heterocycles. The minimum absolute atomic E-state index is 0.0494. The van der Waals surface area contributed by atoms with Crippen LogP contribution >= 0.6 is 33.2 Å². The Hall–Kier alpha value is -3.14. The van der Waals surface area contributed by atoms with Gasteiger partial charge in [0.15, 0.2) is 5.82 Å². The molecule has 1 aliphatic rings. The Morgan fingerprint density at radius 1 is 1.18 bits per heavy atom. The van der Waals surface area contributed by atoms with E-state index in [1.54, 1.807) is 12.1 Å². The van der Waals surface area contributed by atoms with E-state index < -0.39 is 17.8 Å². The average molecular weight is 666 g/mol. The van der Waals surface area contributed by atoms with E-state index >= 15 is 0 Å². The molecule has 0 spiro atoms. The number of amides is 2. The maximum absolute atomic E-state index is 14.1. The number of halogens is 2. The zero-order valence-electron chi connectivity index (χ0n) is 23.9. The first kappa shape index (κ1) is 33.7. The fourth-order valence-corrected chi connectivity index (χ4v) is 6.04. The van der Waals surface area contributed by atoms with Crippen molar-refractivity contribution in [2.45, 2.75) is 6.42 Å². The minimum atomic E-state index is -0.777. The Morgan fingerprint density at radius 2 is 1.98 bits per heavy atom. The van der Waals surface area contributed by atoms with Gasteiger partial charge in [0, 0.05) is 42.6 Å². The molecule has 2 N–H and O–H groups in total. The molecule has 0 atom stereocenters. The number of benzene rings is 2. The van der Waals surface area contributed by atoms with Gasteiger partial charge in [-0.15, -0.1) is 0 Å². The van der Waals surface area contributed by atoms with Crippen LogP contribution in [0.5, 0.6) is 5.75 Å². The quantitative estimate of drug-likeness (QED) is 0.125. The van der Waals surface area contributed by atoms with Crippen molar-refractivity contribution < 1.29 is 33.3 Å². The van der Waals surface area contributed by atoms with Gasteiger partial charge in [-0.3, -0.25) is 9.69 Å². The third-order valence-electron chi connectivity index (χ3n) is 6.34. The molecule has 1 aromatic heterocycles. The number of anilines is 3. The number of hydrogen-bond acceptors (Lipinski definition) is 11. The number of rotatable bonds is 15. The second-order valence-corrected chi connectivity index (χ2v) is 12.4. The highest BCUT2D eigenvalue weighted by molar-refractivity contribution is 8.76. The number of nitrogens with zero attached hydrogens (tertiary/aromatic N) is 4. The number of carbonyl (C=O) groups excluding carboxylic acids is 2. The highest BCUT2D eigenvalue weighted by Gasteiger charge is 2.25. The lowest BCUT2D eigenvalue weighted by atomic mass is 10.1. The van der Waals surface area contributed by atoms with Crippen molar-refractivity contribution in [1.29, 1.82) is 0 Å². The molecule has 0 unspecified atom stereocenters. The predicted octanol–water partition coefficient (Wildman–Crippen LogP) is 5.30. The molecule has 11 nitrogen and oxygen atoms in total. The molecule has 3 aromatic rings. The minimum Gasteiger partial charge on any atom is -0.491 e. The van der Waals surface area contributed by atoms with Crippen molar-refractivity contribution in [3.8, 4) is 5.75 Å². The van der Waals surface area contributed by atoms with Crippen LogP contribution < -0.4 is 15.0 Å². The summed E-state index contributed by atoms with van der Waals surface area (Å²) in [6.45, 7) is 8.04. The summed E-state index contributed by atoms with van der Waals surface area (Å²) in [5.41, 5.74) is 0.966. The fourth-order valence-electron chi connectivity index (χ4n) is 4.27. The first-order valence-corrected chi connectivity index (χ1v) is 16.7. The van der Waals surface area contributed by atoms with Gasteiger partial charge in [0.05, 0.1) is 48.3 Å². The lowest BCUT2D eigenvalue weighted by Crippen LogP contribution is -2.37. The molecule has 1 fully saturated rings. The van der Waals surface area contributed by atoms with E-state index in [2.05, 4.69) is 26.8 Å². The van der Waals surface area contributed by atoms with E-state index in [9.17, 15) is 14.0 Å². The summed E-state index contributed by atoms with van der Waals surface area (Å²) < 4.78 is 31.1. The molecule has 2 amide bonds. The zero-order valence-corrected chi connectivity index (χ0v) is 26.3. The number of carbonyl (C=O) groups is 2. The molecule has 2 aromatic carbocycles. The molecule has 0 bridgehead atoms. The largest absolute Gasteiger partial charge is 0.491 e. The number of fused-ring (bicyclic) bond motifs is 1. The van der Waals surface area contributed by atoms with Crippen LogP contribution in [0.2, 0.25) is 5.02 Å². The van der Waals surface area contributed by atoms with E-state index in [0.717, 1.165) is 38.2 Å². The SMILES string of the molecule is C=CC(=O)Nc1cc2c(N(C(=O)OCCSSCCO)c3ccc(F)c(Cl)c3)ncnc2cc1OCCCN1CCOCC1. The summed E-state index contributed by atoms with van der Waals surface area (Å²) >= 11 is 6.08. The third kappa shape index (κ3) is 9.43. The van der Waals surface area contributed by atoms with Gasteiger partial charge in [0.2, 0.25) is 5.91 Å². The summed E-state index contributed by atoms with van der Waals surface area (Å²) in [6, 6.07) is 7.08. The van der Waals surface area contributed by atoms with E-state index in [-0.39, 0.29) is 29.7 Å². The molecule has 0 radical (unpaired) electrons. The first-order valence-electron chi connectivity index (χ1n) is 13.8. The van der Waals surface area contributed by atoms with Gasteiger partial charge < -0.3 is 24.6 Å². The highest BCUT2D eigenvalue weighted by Crippen LogP contribution is 2.37. The lowest BCUT2D eigenvalue weighted by molar-refractivity contribution is -0.111. The Kier molecular flexibility index (Phi) is 13.3. The van der Waals surface area contributed by atoms with Gasteiger partial charge in [0.25, 0.3) is 0 Å². The molecule has 4 rings (SSSR count). The fraction of sp³-hybridized carbons (Fsp3) is 0.379. The molecule has 44 heavy (non-hydrogen) atoms. The van der Waals surface area contributed by atoms with Gasteiger partial charge in [-0.1, -0.05) is 39.8 Å². The smallest absolute Gasteiger partial charge is 0.420 e. The molecular formula is C29H33ClFN5O6S2. The van der Waals surface area contributed by atoms with Crippen LogP contribution in [0.15, 0.2) is 49.3 Å². The number of aliphatic hydroxyl groups is 1. The van der Waals surface area contributed by atoms with Crippen LogP contribution in [0.3, 0.4) is 0 Å². The van der Waals surface area contributed by atoms with Crippen molar-refractivity contribution in [2.24, 2.45) is 0 Å². The van der Waals surface area contributed by atoms with Crippen LogP contribution in [-0.2, 0) is 14.3 Å². The number of aromatic nitrogens is 2. The Bertz CT molecular complexity index is 1450. The van der Waals surface area contributed by atoms with Crippen LogP contribution in [0.25, 0.3) is 10.9 Å². The van der Waals surface area contributed by atoms with E-state index in [1.807, 2.05) is 0 Å². The molecule has 2 heterocycles. The van der Waals surface area contributed by atoms with Gasteiger partial charge in [0.1, 0.15) is 24.5 Å². The summed E-state index contributed by atoms with van der Waals surface area (Å²) in [5, 5.41) is 11.9. The average Bonchev–Trinajstić information content (AvgIpc) is 3.03. The van der Waals surface area contributed by atoms with E-state index in [0.29, 0.717) is 53.7 Å². The molecule has 236 valence electrons. The first-order chi connectivity index (χ1) is 21.4. The Labute approximate surface area is 267 Å². The second kappa shape index (κ2) is 17.4. The Morgan fingerprint density at radius 3 is 2.73 bits per heavy atom. The summed E-state index contributed by atoms with van der Waals surface area (Å²) in [5.74, 6) is 0.421. The van der Waals surface area contributed by atoms with Crippen molar-refractivity contribution in [3.63, 3.8) is 0 Å². The normalized spacial score (nSPS) is 13.4. The number of aliphatic hydroxyl groups excluding tert-OH is 1. The number of nitrogens with one attached hydrogen (secondary N) is 1. The standard InChI is InChI=1S/C29H33ClFN5O6S2/c1-2-27(38)34-25-17-21-24(18-26(25)41-10-3-6-35-7-11-40-12-8-35)32-19-33-28(21)36(20-4-5-23(31)22(30)16-20)29(39)42-13-15-44-43-14-9-37/h2,4-5,16-19,37H,1,3,6-15H2,(H,34,38). The van der Waals surface area contributed by atoms with Gasteiger partial charge in [-0.2, -0.15) is 0 Å². The van der Waals surface area contributed by atoms with Crippen LogP contribution in [-0.4, -0.2) is 96.1 Å². The molecule has 15 heteroatoms. The molecule has 0 saturated carbocycles. The molecule has 1 saturated heterocycles. The van der Waals surface area contributed by atoms with Gasteiger partial charge >= 0.3 is 6.09 Å². The predicted molar refractivity (Wildman–Crippen MR) is 173 cm³/mol. The van der Waals surface area contributed by atoms with E-state index in [1.165, 1.54) is 44.9 Å². The maximum Gasteiger partial charge on any atom is 0.420 e. The highest BCUT2D eigenvalue weighted by atomic mass is 35.5. The van der Waals surface area contributed by atoms with Crippen molar-refractivity contribution in [2.75, 3.05) is 74.4 Å². The number of hydrogen-bond donors (Lipinski definition) is 2. The van der Waals surface area contributed by atoms with Gasteiger partial charge in [-0.05, 0) is 36.8 Å². The Balaban J connectivity index is 1.64. The third-order valence-corrected chi connectivity index (χ3v) is 8.98. The van der Waals surface area contributed by atoms with Crippen molar-refractivity contribution >= 4 is 73.3 Å². The summed E-state index contributed by atoms with van der Waals surface area (Å²) in [6.07, 6.45) is 2.40. The van der Waals surface area contributed by atoms with Gasteiger partial charge in [-0.25, -0.2) is 24.1 Å². The molecular weight excluding hydrogens is 633 g/mol. The lowest BCUT2D eigenvalue weighted by Gasteiger charge is -2.26. The number of morpholine rings is 1. The maximum atomic E-state index is 14.1. The topological polar surface area (TPSA) is 126 Å². The molecule has 0 aliphatic carbocycles. The van der Waals surface area contributed by atoms with E-state index in [4.69, 9.17) is 30.9 Å². The van der Waals surface area contributed by atoms with Crippen LogP contribution in [0, 0.1) is 5.82 Å². The number of ether oxygens (including phenoxy) is 3. The van der Waals surface area contributed by atoms with Crippen molar-refractivity contribution in [1.82, 2.24) is 14.9 Å². The zero-order chi connectivity index (χ0) is 31.3.